The minimum absolute atomic E-state index is 0.277. The van der Waals surface area contributed by atoms with Crippen molar-refractivity contribution in [3.63, 3.8) is 0 Å². The summed E-state index contributed by atoms with van der Waals surface area (Å²) in [5.41, 5.74) is 7.18. The zero-order chi connectivity index (χ0) is 11.8. The van der Waals surface area contributed by atoms with Gasteiger partial charge in [-0.25, -0.2) is 4.98 Å². The molecule has 1 heterocycles. The Balaban J connectivity index is 2.28. The van der Waals surface area contributed by atoms with Gasteiger partial charge < -0.3 is 5.73 Å². The zero-order valence-electron chi connectivity index (χ0n) is 10.5. The lowest BCUT2D eigenvalue weighted by Gasteiger charge is -2.04. The number of thiazole rings is 1. The summed E-state index contributed by atoms with van der Waals surface area (Å²) in [5, 5.41) is 3.41. The number of hydrogen-bond donors (Lipinski definition) is 1. The molecule has 0 saturated carbocycles. The van der Waals surface area contributed by atoms with Crippen molar-refractivity contribution < 1.29 is 0 Å². The first-order valence-corrected chi connectivity index (χ1v) is 7.33. The van der Waals surface area contributed by atoms with E-state index in [-0.39, 0.29) is 6.04 Å². The molecule has 1 unspecified atom stereocenters. The third-order valence-electron chi connectivity index (χ3n) is 2.85. The summed E-state index contributed by atoms with van der Waals surface area (Å²) >= 11 is 1.77. The van der Waals surface area contributed by atoms with Crippen molar-refractivity contribution in [2.45, 2.75) is 64.8 Å². The number of rotatable bonds is 8. The first kappa shape index (κ1) is 13.7. The Bertz CT molecular complexity index is 283. The number of hydrogen-bond acceptors (Lipinski definition) is 3. The SMILES string of the molecule is CCCCCCc1csc(CC(N)CC)n1. The predicted octanol–water partition coefficient (Wildman–Crippen LogP) is 3.55. The summed E-state index contributed by atoms with van der Waals surface area (Å²) in [5.74, 6) is 0. The van der Waals surface area contributed by atoms with Crippen molar-refractivity contribution in [3.8, 4) is 0 Å². The van der Waals surface area contributed by atoms with Crippen LogP contribution < -0.4 is 5.73 Å². The summed E-state index contributed by atoms with van der Waals surface area (Å²) in [6, 6.07) is 0.277. The fraction of sp³-hybridized carbons (Fsp3) is 0.769. The number of unbranched alkanes of at least 4 members (excludes halogenated alkanes) is 3. The van der Waals surface area contributed by atoms with Crippen LogP contribution in [0.15, 0.2) is 5.38 Å². The van der Waals surface area contributed by atoms with E-state index in [0.29, 0.717) is 0 Å². The van der Waals surface area contributed by atoms with Gasteiger partial charge in [0.25, 0.3) is 0 Å². The molecule has 0 amide bonds. The Morgan fingerprint density at radius 3 is 2.81 bits per heavy atom. The molecule has 0 radical (unpaired) electrons. The monoisotopic (exact) mass is 240 g/mol. The van der Waals surface area contributed by atoms with Crippen LogP contribution >= 0.6 is 11.3 Å². The van der Waals surface area contributed by atoms with Crippen LogP contribution in [0.3, 0.4) is 0 Å². The number of nitrogens with two attached hydrogens (primary N) is 1. The standard InChI is InChI=1S/C13H24N2S/c1-3-5-6-7-8-12-10-16-13(15-12)9-11(14)4-2/h10-11H,3-9,14H2,1-2H3. The molecule has 0 bridgehead atoms. The van der Waals surface area contributed by atoms with E-state index in [2.05, 4.69) is 24.2 Å². The van der Waals surface area contributed by atoms with Gasteiger partial charge in [0.1, 0.15) is 0 Å². The largest absolute Gasteiger partial charge is 0.327 e. The quantitative estimate of drug-likeness (QED) is 0.706. The topological polar surface area (TPSA) is 38.9 Å². The third-order valence-corrected chi connectivity index (χ3v) is 3.77. The number of aryl methyl sites for hydroxylation is 1. The molecule has 0 saturated heterocycles. The lowest BCUT2D eigenvalue weighted by molar-refractivity contribution is 0.638. The second-order valence-electron chi connectivity index (χ2n) is 4.42. The molecule has 3 heteroatoms. The highest BCUT2D eigenvalue weighted by Gasteiger charge is 2.06. The minimum Gasteiger partial charge on any atom is -0.327 e. The summed E-state index contributed by atoms with van der Waals surface area (Å²) in [6.45, 7) is 4.37. The van der Waals surface area contributed by atoms with Crippen LogP contribution in [0.5, 0.6) is 0 Å². The van der Waals surface area contributed by atoms with Crippen molar-refractivity contribution in [1.82, 2.24) is 4.98 Å². The summed E-state index contributed by atoms with van der Waals surface area (Å²) in [6.07, 6.45) is 8.36. The van der Waals surface area contributed by atoms with Crippen molar-refractivity contribution in [3.05, 3.63) is 16.1 Å². The molecule has 2 N–H and O–H groups in total. The molecular weight excluding hydrogens is 216 g/mol. The second-order valence-corrected chi connectivity index (χ2v) is 5.36. The van der Waals surface area contributed by atoms with Gasteiger partial charge in [-0.15, -0.1) is 11.3 Å². The molecule has 0 aliphatic carbocycles. The Morgan fingerprint density at radius 1 is 1.31 bits per heavy atom. The van der Waals surface area contributed by atoms with Crippen LogP contribution in [0.4, 0.5) is 0 Å². The lowest BCUT2D eigenvalue weighted by atomic mass is 10.1. The van der Waals surface area contributed by atoms with Crippen molar-refractivity contribution in [2.75, 3.05) is 0 Å². The van der Waals surface area contributed by atoms with Gasteiger partial charge in [-0.2, -0.15) is 0 Å². The molecule has 1 aromatic rings. The Kier molecular flexibility index (Phi) is 6.65. The second kappa shape index (κ2) is 7.80. The van der Waals surface area contributed by atoms with Gasteiger partial charge >= 0.3 is 0 Å². The maximum Gasteiger partial charge on any atom is 0.0943 e. The maximum absolute atomic E-state index is 5.92. The maximum atomic E-state index is 5.92. The molecule has 92 valence electrons. The number of nitrogens with zero attached hydrogens (tertiary/aromatic N) is 1. The fourth-order valence-electron chi connectivity index (χ4n) is 1.66. The molecule has 0 aliphatic heterocycles. The van der Waals surface area contributed by atoms with Gasteiger partial charge in [-0.1, -0.05) is 33.1 Å². The molecule has 0 spiro atoms. The average Bonchev–Trinajstić information content (AvgIpc) is 2.72. The van der Waals surface area contributed by atoms with Crippen LogP contribution in [0, 0.1) is 0 Å². The first-order valence-electron chi connectivity index (χ1n) is 6.45. The predicted molar refractivity (Wildman–Crippen MR) is 71.9 cm³/mol. The van der Waals surface area contributed by atoms with Gasteiger partial charge in [0, 0.05) is 17.8 Å². The zero-order valence-corrected chi connectivity index (χ0v) is 11.4. The number of aromatic nitrogens is 1. The van der Waals surface area contributed by atoms with Crippen LogP contribution in [0.2, 0.25) is 0 Å². The van der Waals surface area contributed by atoms with Crippen LogP contribution in [0.1, 0.15) is 56.7 Å². The first-order chi connectivity index (χ1) is 7.76. The normalized spacial score (nSPS) is 12.9. The van der Waals surface area contributed by atoms with Gasteiger partial charge in [-0.3, -0.25) is 0 Å². The van der Waals surface area contributed by atoms with Crippen LogP contribution in [-0.4, -0.2) is 11.0 Å². The van der Waals surface area contributed by atoms with E-state index < -0.39 is 0 Å². The van der Waals surface area contributed by atoms with E-state index in [9.17, 15) is 0 Å². The molecule has 16 heavy (non-hydrogen) atoms. The van der Waals surface area contributed by atoms with Crippen molar-refractivity contribution in [2.24, 2.45) is 5.73 Å². The van der Waals surface area contributed by atoms with E-state index in [4.69, 9.17) is 5.73 Å². The molecule has 0 aromatic carbocycles. The Labute approximate surface area is 103 Å². The molecule has 2 nitrogen and oxygen atoms in total. The van der Waals surface area contributed by atoms with E-state index in [1.54, 1.807) is 11.3 Å². The molecule has 1 rings (SSSR count). The fourth-order valence-corrected chi connectivity index (χ4v) is 2.58. The van der Waals surface area contributed by atoms with Crippen molar-refractivity contribution >= 4 is 11.3 Å². The Morgan fingerprint density at radius 2 is 2.12 bits per heavy atom. The average molecular weight is 240 g/mol. The van der Waals surface area contributed by atoms with Gasteiger partial charge in [0.15, 0.2) is 0 Å². The molecule has 0 aliphatic rings. The van der Waals surface area contributed by atoms with E-state index >= 15 is 0 Å². The molecule has 1 atom stereocenters. The van der Waals surface area contributed by atoms with Gasteiger partial charge in [0.05, 0.1) is 10.7 Å². The summed E-state index contributed by atoms with van der Waals surface area (Å²) in [4.78, 5) is 4.63. The highest BCUT2D eigenvalue weighted by atomic mass is 32.1. The Hall–Kier alpha value is -0.410. The molecule has 0 fully saturated rings. The summed E-state index contributed by atoms with van der Waals surface area (Å²) in [7, 11) is 0. The van der Waals surface area contributed by atoms with Crippen LogP contribution in [0.25, 0.3) is 0 Å². The van der Waals surface area contributed by atoms with Gasteiger partial charge in [0.2, 0.25) is 0 Å². The van der Waals surface area contributed by atoms with Crippen molar-refractivity contribution in [1.29, 1.82) is 0 Å². The van der Waals surface area contributed by atoms with E-state index in [1.807, 2.05) is 0 Å². The van der Waals surface area contributed by atoms with Gasteiger partial charge in [-0.05, 0) is 19.3 Å². The minimum atomic E-state index is 0.277. The smallest absolute Gasteiger partial charge is 0.0943 e. The molecular formula is C13H24N2S. The van der Waals surface area contributed by atoms with Crippen LogP contribution in [-0.2, 0) is 12.8 Å². The highest BCUT2D eigenvalue weighted by molar-refractivity contribution is 7.09. The van der Waals surface area contributed by atoms with E-state index in [1.165, 1.54) is 36.4 Å². The summed E-state index contributed by atoms with van der Waals surface area (Å²) < 4.78 is 0. The molecule has 1 aromatic heterocycles. The van der Waals surface area contributed by atoms with E-state index in [0.717, 1.165) is 19.3 Å². The lowest BCUT2D eigenvalue weighted by Crippen LogP contribution is -2.21. The third kappa shape index (κ3) is 5.08. The highest BCUT2D eigenvalue weighted by Crippen LogP contribution is 2.14.